The summed E-state index contributed by atoms with van der Waals surface area (Å²) in [7, 11) is 4.26. The zero-order valence-corrected chi connectivity index (χ0v) is 12.9. The summed E-state index contributed by atoms with van der Waals surface area (Å²) in [5, 5.41) is 3.50. The maximum Gasteiger partial charge on any atom is 0.120 e. The minimum atomic E-state index is 0.287. The summed E-state index contributed by atoms with van der Waals surface area (Å²) < 4.78 is 5.39. The van der Waals surface area contributed by atoms with E-state index >= 15 is 0 Å². The maximum atomic E-state index is 5.39. The molecule has 1 N–H and O–H groups in total. The number of rotatable bonds is 10. The second-order valence-electron chi connectivity index (χ2n) is 5.28. The highest BCUT2D eigenvalue weighted by Crippen LogP contribution is 2.11. The van der Waals surface area contributed by atoms with Crippen molar-refractivity contribution in [2.75, 3.05) is 46.8 Å². The molecule has 0 amide bonds. The number of likely N-dealkylation sites (N-methyl/N-ethyl adjacent to an activating group) is 1. The molecule has 0 spiro atoms. The maximum absolute atomic E-state index is 5.39. The van der Waals surface area contributed by atoms with Gasteiger partial charge in [0, 0.05) is 13.1 Å². The van der Waals surface area contributed by atoms with Crippen LogP contribution in [0.1, 0.15) is 32.1 Å². The Balaban J connectivity index is 2.15. The lowest BCUT2D eigenvalue weighted by molar-refractivity contribution is 0.261. The number of nitrogens with one attached hydrogen (secondary N) is 1. The molecule has 0 saturated carbocycles. The average molecular weight is 267 g/mol. The van der Waals surface area contributed by atoms with E-state index in [1.807, 2.05) is 12.1 Å². The zero-order chi connectivity index (χ0) is 14.1. The van der Waals surface area contributed by atoms with Crippen LogP contribution in [0, 0.1) is 0 Å². The van der Waals surface area contributed by atoms with E-state index < -0.39 is 0 Å². The first-order chi connectivity index (χ1) is 9.13. The summed E-state index contributed by atoms with van der Waals surface area (Å²) in [6.07, 6.45) is 2.96. The molecule has 4 heteroatoms. The Morgan fingerprint density at radius 3 is 2.63 bits per heavy atom. The highest BCUT2D eigenvalue weighted by molar-refractivity contribution is 5.02. The van der Waals surface area contributed by atoms with Gasteiger partial charge in [0.25, 0.3) is 0 Å². The van der Waals surface area contributed by atoms with Crippen molar-refractivity contribution in [1.82, 2.24) is 15.1 Å². The molecule has 1 aromatic heterocycles. The second-order valence-corrected chi connectivity index (χ2v) is 5.28. The van der Waals surface area contributed by atoms with E-state index in [4.69, 9.17) is 4.42 Å². The standard InChI is InChI=1S/C15H29N3O/c1-5-18(11-7-10-17(3)4)12-9-16-14(2)15-8-6-13-19-15/h6,8,13-14,16H,5,7,9-12H2,1-4H3. The molecule has 0 aliphatic heterocycles. The summed E-state index contributed by atoms with van der Waals surface area (Å²) in [5.41, 5.74) is 0. The third kappa shape index (κ3) is 6.76. The summed E-state index contributed by atoms with van der Waals surface area (Å²) in [4.78, 5) is 4.73. The molecule has 0 saturated heterocycles. The Morgan fingerprint density at radius 2 is 2.05 bits per heavy atom. The smallest absolute Gasteiger partial charge is 0.120 e. The van der Waals surface area contributed by atoms with Gasteiger partial charge < -0.3 is 19.5 Å². The average Bonchev–Trinajstić information content (AvgIpc) is 2.90. The third-order valence-electron chi connectivity index (χ3n) is 3.38. The fourth-order valence-electron chi connectivity index (χ4n) is 2.12. The minimum Gasteiger partial charge on any atom is -0.468 e. The van der Waals surface area contributed by atoms with Crippen molar-refractivity contribution in [3.8, 4) is 0 Å². The number of furan rings is 1. The first-order valence-electron chi connectivity index (χ1n) is 7.27. The molecule has 1 heterocycles. The summed E-state index contributed by atoms with van der Waals surface area (Å²) in [6.45, 7) is 9.90. The largest absolute Gasteiger partial charge is 0.468 e. The zero-order valence-electron chi connectivity index (χ0n) is 12.9. The Labute approximate surface area is 117 Å². The van der Waals surface area contributed by atoms with Gasteiger partial charge in [-0.15, -0.1) is 0 Å². The van der Waals surface area contributed by atoms with Gasteiger partial charge in [-0.1, -0.05) is 6.92 Å². The summed E-state index contributed by atoms with van der Waals surface area (Å²) in [6, 6.07) is 4.25. The predicted octanol–water partition coefficient (Wildman–Crippen LogP) is 2.20. The molecule has 1 aromatic rings. The molecule has 19 heavy (non-hydrogen) atoms. The monoisotopic (exact) mass is 267 g/mol. The Morgan fingerprint density at radius 1 is 1.26 bits per heavy atom. The van der Waals surface area contributed by atoms with Crippen LogP contribution in [0.4, 0.5) is 0 Å². The minimum absolute atomic E-state index is 0.287. The molecule has 110 valence electrons. The van der Waals surface area contributed by atoms with Gasteiger partial charge >= 0.3 is 0 Å². The van der Waals surface area contributed by atoms with Crippen LogP contribution in [-0.4, -0.2) is 56.6 Å². The van der Waals surface area contributed by atoms with Crippen LogP contribution >= 0.6 is 0 Å². The van der Waals surface area contributed by atoms with E-state index in [-0.39, 0.29) is 6.04 Å². The Kier molecular flexibility index (Phi) is 7.79. The highest BCUT2D eigenvalue weighted by atomic mass is 16.3. The van der Waals surface area contributed by atoms with Crippen molar-refractivity contribution in [3.05, 3.63) is 24.2 Å². The van der Waals surface area contributed by atoms with Crippen LogP contribution in [0.5, 0.6) is 0 Å². The van der Waals surface area contributed by atoms with Gasteiger partial charge in [0.15, 0.2) is 0 Å². The first kappa shape index (κ1) is 16.2. The van der Waals surface area contributed by atoms with Crippen LogP contribution < -0.4 is 5.32 Å². The van der Waals surface area contributed by atoms with Gasteiger partial charge in [-0.25, -0.2) is 0 Å². The van der Waals surface area contributed by atoms with Gasteiger partial charge in [-0.05, 0) is 59.2 Å². The fourth-order valence-corrected chi connectivity index (χ4v) is 2.12. The molecule has 0 bridgehead atoms. The van der Waals surface area contributed by atoms with E-state index in [2.05, 4.69) is 43.1 Å². The molecular formula is C15H29N3O. The SMILES string of the molecule is CCN(CCCN(C)C)CCNC(C)c1ccco1. The lowest BCUT2D eigenvalue weighted by Gasteiger charge is -2.22. The molecule has 0 aromatic carbocycles. The van der Waals surface area contributed by atoms with Crippen molar-refractivity contribution < 1.29 is 4.42 Å². The Hall–Kier alpha value is -0.840. The normalized spacial score (nSPS) is 13.4. The summed E-state index contributed by atoms with van der Waals surface area (Å²) >= 11 is 0. The lowest BCUT2D eigenvalue weighted by atomic mass is 10.2. The molecule has 0 fully saturated rings. The van der Waals surface area contributed by atoms with Crippen molar-refractivity contribution in [2.24, 2.45) is 0 Å². The number of hydrogen-bond acceptors (Lipinski definition) is 4. The summed E-state index contributed by atoms with van der Waals surface area (Å²) in [5.74, 6) is 1.01. The van der Waals surface area contributed by atoms with Crippen LogP contribution in [0.3, 0.4) is 0 Å². The first-order valence-corrected chi connectivity index (χ1v) is 7.27. The second kappa shape index (κ2) is 9.13. The molecule has 1 atom stereocenters. The van der Waals surface area contributed by atoms with Gasteiger partial charge in [0.2, 0.25) is 0 Å². The lowest BCUT2D eigenvalue weighted by Crippen LogP contribution is -2.34. The third-order valence-corrected chi connectivity index (χ3v) is 3.38. The van der Waals surface area contributed by atoms with E-state index in [1.54, 1.807) is 6.26 Å². The van der Waals surface area contributed by atoms with Crippen LogP contribution in [0.2, 0.25) is 0 Å². The highest BCUT2D eigenvalue weighted by Gasteiger charge is 2.08. The van der Waals surface area contributed by atoms with Crippen molar-refractivity contribution in [1.29, 1.82) is 0 Å². The molecule has 0 aliphatic carbocycles. The number of nitrogens with zero attached hydrogens (tertiary/aromatic N) is 2. The van der Waals surface area contributed by atoms with Crippen molar-refractivity contribution in [2.45, 2.75) is 26.3 Å². The van der Waals surface area contributed by atoms with Gasteiger partial charge in [-0.3, -0.25) is 0 Å². The van der Waals surface area contributed by atoms with Gasteiger partial charge in [0.05, 0.1) is 12.3 Å². The molecule has 1 rings (SSSR count). The van der Waals surface area contributed by atoms with Gasteiger partial charge in [-0.2, -0.15) is 0 Å². The van der Waals surface area contributed by atoms with Crippen molar-refractivity contribution >= 4 is 0 Å². The molecule has 0 radical (unpaired) electrons. The van der Waals surface area contributed by atoms with E-state index in [0.717, 1.165) is 31.9 Å². The van der Waals surface area contributed by atoms with Crippen LogP contribution in [-0.2, 0) is 0 Å². The predicted molar refractivity (Wildman–Crippen MR) is 80.4 cm³/mol. The quantitative estimate of drug-likeness (QED) is 0.704. The number of hydrogen-bond donors (Lipinski definition) is 1. The Bertz CT molecular complexity index is 311. The molecule has 0 aliphatic rings. The van der Waals surface area contributed by atoms with Crippen LogP contribution in [0.15, 0.2) is 22.8 Å². The van der Waals surface area contributed by atoms with Crippen LogP contribution in [0.25, 0.3) is 0 Å². The molecular weight excluding hydrogens is 238 g/mol. The molecule has 4 nitrogen and oxygen atoms in total. The van der Waals surface area contributed by atoms with E-state index in [9.17, 15) is 0 Å². The van der Waals surface area contributed by atoms with Crippen molar-refractivity contribution in [3.63, 3.8) is 0 Å². The van der Waals surface area contributed by atoms with E-state index in [0.29, 0.717) is 0 Å². The van der Waals surface area contributed by atoms with E-state index in [1.165, 1.54) is 13.0 Å². The topological polar surface area (TPSA) is 31.6 Å². The molecule has 1 unspecified atom stereocenters. The fraction of sp³-hybridized carbons (Fsp3) is 0.733. The van der Waals surface area contributed by atoms with Gasteiger partial charge in [0.1, 0.15) is 5.76 Å².